The number of nitrogen functional groups attached to an aromatic ring is 1. The van der Waals surface area contributed by atoms with Crippen molar-refractivity contribution in [3.05, 3.63) is 18.1 Å². The van der Waals surface area contributed by atoms with Crippen LogP contribution < -0.4 is 5.73 Å². The van der Waals surface area contributed by atoms with Gasteiger partial charge in [-0.3, -0.25) is 0 Å². The Morgan fingerprint density at radius 2 is 1.67 bits per heavy atom. The quantitative estimate of drug-likeness (QED) is 0.777. The van der Waals surface area contributed by atoms with E-state index in [-0.39, 0.29) is 11.0 Å². The van der Waals surface area contributed by atoms with Crippen LogP contribution in [0, 0.1) is 0 Å². The monoisotopic (exact) mass is 246 g/mol. The molecule has 0 amide bonds. The van der Waals surface area contributed by atoms with Gasteiger partial charge in [-0.05, 0) is 31.7 Å². The van der Waals surface area contributed by atoms with Crippen molar-refractivity contribution >= 4 is 16.9 Å². The van der Waals surface area contributed by atoms with E-state index in [1.54, 1.807) is 0 Å². The Hall–Kier alpha value is -1.58. The number of hydrogen-bond donors (Lipinski definition) is 1. The molecular weight excluding hydrogens is 224 g/mol. The largest absolute Gasteiger partial charge is 0.383 e. The zero-order valence-electron chi connectivity index (χ0n) is 12.1. The van der Waals surface area contributed by atoms with Crippen LogP contribution in [0.3, 0.4) is 0 Å². The molecule has 2 N–H and O–H groups in total. The van der Waals surface area contributed by atoms with E-state index >= 15 is 0 Å². The van der Waals surface area contributed by atoms with Crippen LogP contribution >= 0.6 is 0 Å². The topological polar surface area (TPSA) is 56.7 Å². The molecule has 0 radical (unpaired) electrons. The summed E-state index contributed by atoms with van der Waals surface area (Å²) in [7, 11) is 0. The van der Waals surface area contributed by atoms with Crippen LogP contribution in [-0.4, -0.2) is 14.5 Å². The number of nitrogens with zero attached hydrogens (tertiary/aromatic N) is 3. The lowest BCUT2D eigenvalue weighted by Crippen LogP contribution is -2.21. The highest BCUT2D eigenvalue weighted by molar-refractivity contribution is 5.90. The molecule has 4 nitrogen and oxygen atoms in total. The van der Waals surface area contributed by atoms with Gasteiger partial charge >= 0.3 is 0 Å². The average molecular weight is 246 g/mol. The van der Waals surface area contributed by atoms with E-state index in [2.05, 4.69) is 62.3 Å². The second-order valence-corrected chi connectivity index (χ2v) is 6.79. The second kappa shape index (κ2) is 3.70. The first-order chi connectivity index (χ1) is 8.12. The van der Waals surface area contributed by atoms with Crippen LogP contribution in [0.25, 0.3) is 11.0 Å². The molecule has 2 aromatic heterocycles. The Morgan fingerprint density at radius 3 is 2.17 bits per heavy atom. The Morgan fingerprint density at radius 1 is 1.06 bits per heavy atom. The summed E-state index contributed by atoms with van der Waals surface area (Å²) >= 11 is 0. The van der Waals surface area contributed by atoms with Gasteiger partial charge in [0.15, 0.2) is 0 Å². The van der Waals surface area contributed by atoms with Gasteiger partial charge in [-0.15, -0.1) is 0 Å². The molecule has 2 aromatic rings. The Labute approximate surface area is 108 Å². The first-order valence-electron chi connectivity index (χ1n) is 6.25. The number of nitrogens with two attached hydrogens (primary N) is 1. The molecule has 0 aliphatic rings. The van der Waals surface area contributed by atoms with Gasteiger partial charge < -0.3 is 10.3 Å². The number of anilines is 1. The van der Waals surface area contributed by atoms with Crippen LogP contribution in [0.1, 0.15) is 47.1 Å². The fourth-order valence-electron chi connectivity index (χ4n) is 2.17. The summed E-state index contributed by atoms with van der Waals surface area (Å²) in [5, 5.41) is 0.986. The number of fused-ring (bicyclic) bond motifs is 1. The summed E-state index contributed by atoms with van der Waals surface area (Å²) in [6.07, 6.45) is 3.70. The van der Waals surface area contributed by atoms with Gasteiger partial charge in [0.25, 0.3) is 0 Å². The van der Waals surface area contributed by atoms with Gasteiger partial charge in [-0.2, -0.15) is 0 Å². The van der Waals surface area contributed by atoms with Crippen molar-refractivity contribution in [2.24, 2.45) is 0 Å². The van der Waals surface area contributed by atoms with E-state index in [1.807, 2.05) is 0 Å². The molecule has 18 heavy (non-hydrogen) atoms. The van der Waals surface area contributed by atoms with Crippen LogP contribution in [-0.2, 0) is 11.0 Å². The van der Waals surface area contributed by atoms with Crippen molar-refractivity contribution in [2.45, 2.75) is 52.5 Å². The zero-order chi connectivity index (χ0) is 13.7. The Kier molecular flexibility index (Phi) is 2.65. The molecular formula is C14H22N4. The van der Waals surface area contributed by atoms with Crippen LogP contribution in [0.4, 0.5) is 5.82 Å². The molecule has 2 rings (SSSR count). The number of rotatable bonds is 0. The number of aromatic nitrogens is 3. The molecule has 0 saturated heterocycles. The smallest absolute Gasteiger partial charge is 0.146 e. The Bertz CT molecular complexity index is 582. The molecule has 0 fully saturated rings. The van der Waals surface area contributed by atoms with E-state index < -0.39 is 0 Å². The third-order valence-electron chi connectivity index (χ3n) is 3.14. The molecule has 2 heterocycles. The van der Waals surface area contributed by atoms with Crippen molar-refractivity contribution in [1.29, 1.82) is 0 Å². The SMILES string of the molecule is CC(C)(C)c1cn(C(C)(C)C)c2ncnc(N)c12. The molecule has 0 aromatic carbocycles. The van der Waals surface area contributed by atoms with Gasteiger partial charge in [-0.1, -0.05) is 20.8 Å². The minimum Gasteiger partial charge on any atom is -0.383 e. The van der Waals surface area contributed by atoms with E-state index in [9.17, 15) is 0 Å². The van der Waals surface area contributed by atoms with E-state index in [1.165, 1.54) is 11.9 Å². The van der Waals surface area contributed by atoms with Gasteiger partial charge in [0.1, 0.15) is 17.8 Å². The molecule has 0 saturated carbocycles. The molecule has 0 bridgehead atoms. The van der Waals surface area contributed by atoms with Crippen molar-refractivity contribution in [3.8, 4) is 0 Å². The van der Waals surface area contributed by atoms with Crippen LogP contribution in [0.15, 0.2) is 12.5 Å². The lowest BCUT2D eigenvalue weighted by molar-refractivity contribution is 0.406. The molecule has 98 valence electrons. The summed E-state index contributed by atoms with van der Waals surface area (Å²) in [6, 6.07) is 0. The Balaban J connectivity index is 2.89. The average Bonchev–Trinajstić information content (AvgIpc) is 2.56. The fraction of sp³-hybridized carbons (Fsp3) is 0.571. The van der Waals surface area contributed by atoms with E-state index in [0.29, 0.717) is 5.82 Å². The maximum absolute atomic E-state index is 6.05. The molecule has 0 aliphatic carbocycles. The van der Waals surface area contributed by atoms with Gasteiger partial charge in [0.2, 0.25) is 0 Å². The molecule has 0 spiro atoms. The highest BCUT2D eigenvalue weighted by atomic mass is 15.1. The third kappa shape index (κ3) is 1.96. The normalized spacial score (nSPS) is 13.2. The predicted octanol–water partition coefficient (Wildman–Crippen LogP) is 3.07. The maximum Gasteiger partial charge on any atom is 0.146 e. The lowest BCUT2D eigenvalue weighted by atomic mass is 9.87. The highest BCUT2D eigenvalue weighted by Gasteiger charge is 2.26. The second-order valence-electron chi connectivity index (χ2n) is 6.79. The van der Waals surface area contributed by atoms with E-state index in [4.69, 9.17) is 5.73 Å². The predicted molar refractivity (Wildman–Crippen MR) is 75.6 cm³/mol. The maximum atomic E-state index is 6.05. The highest BCUT2D eigenvalue weighted by Crippen LogP contribution is 2.35. The minimum atomic E-state index is -0.0253. The van der Waals surface area contributed by atoms with Gasteiger partial charge in [0.05, 0.1) is 5.39 Å². The first-order valence-corrected chi connectivity index (χ1v) is 6.25. The summed E-state index contributed by atoms with van der Waals surface area (Å²) in [5.74, 6) is 0.563. The van der Waals surface area contributed by atoms with Crippen molar-refractivity contribution < 1.29 is 0 Å². The standard InChI is InChI=1S/C14H22N4/c1-13(2,3)9-7-18(14(4,5)6)12-10(9)11(15)16-8-17-12/h7-8H,1-6H3,(H2,15,16,17). The van der Waals surface area contributed by atoms with E-state index in [0.717, 1.165) is 11.0 Å². The summed E-state index contributed by atoms with van der Waals surface area (Å²) < 4.78 is 2.18. The van der Waals surface area contributed by atoms with Gasteiger partial charge in [0, 0.05) is 11.7 Å². The fourth-order valence-corrected chi connectivity index (χ4v) is 2.17. The molecule has 4 heteroatoms. The first kappa shape index (κ1) is 12.9. The van der Waals surface area contributed by atoms with Gasteiger partial charge in [-0.25, -0.2) is 9.97 Å². The third-order valence-corrected chi connectivity index (χ3v) is 3.14. The molecule has 0 aliphatic heterocycles. The van der Waals surface area contributed by atoms with Crippen molar-refractivity contribution in [2.75, 3.05) is 5.73 Å². The summed E-state index contributed by atoms with van der Waals surface area (Å²) in [4.78, 5) is 8.54. The number of hydrogen-bond acceptors (Lipinski definition) is 3. The lowest BCUT2D eigenvalue weighted by Gasteiger charge is -2.22. The summed E-state index contributed by atoms with van der Waals surface area (Å²) in [5.41, 5.74) is 8.16. The van der Waals surface area contributed by atoms with Crippen LogP contribution in [0.2, 0.25) is 0 Å². The van der Waals surface area contributed by atoms with Crippen molar-refractivity contribution in [3.63, 3.8) is 0 Å². The molecule has 0 atom stereocenters. The molecule has 0 unspecified atom stereocenters. The minimum absolute atomic E-state index is 0.0214. The van der Waals surface area contributed by atoms with Crippen molar-refractivity contribution in [1.82, 2.24) is 14.5 Å². The summed E-state index contributed by atoms with van der Waals surface area (Å²) in [6.45, 7) is 13.0. The van der Waals surface area contributed by atoms with Crippen LogP contribution in [0.5, 0.6) is 0 Å². The zero-order valence-corrected chi connectivity index (χ0v) is 12.1.